The highest BCUT2D eigenvalue weighted by Crippen LogP contribution is 2.75. The van der Waals surface area contributed by atoms with Crippen LogP contribution in [0.1, 0.15) is 113 Å². The van der Waals surface area contributed by atoms with Gasteiger partial charge in [-0.05, 0) is 102 Å². The number of aliphatic hydroxyl groups is 2. The van der Waals surface area contributed by atoms with Crippen LogP contribution in [0.3, 0.4) is 0 Å². The summed E-state index contributed by atoms with van der Waals surface area (Å²) in [7, 11) is 0. The molecule has 5 aliphatic rings. The van der Waals surface area contributed by atoms with Crippen LogP contribution in [0.25, 0.3) is 0 Å². The van der Waals surface area contributed by atoms with Gasteiger partial charge in [-0.2, -0.15) is 0 Å². The summed E-state index contributed by atoms with van der Waals surface area (Å²) in [6.45, 7) is 19.7. The highest BCUT2D eigenvalue weighted by molar-refractivity contribution is 5.35. The van der Waals surface area contributed by atoms with E-state index in [9.17, 15) is 10.2 Å². The molecule has 0 saturated heterocycles. The molecule has 2 heteroatoms. The highest BCUT2D eigenvalue weighted by Gasteiger charge is 2.69. The number of rotatable bonds is 0. The first-order valence-electron chi connectivity index (χ1n) is 13.7. The lowest BCUT2D eigenvalue weighted by molar-refractivity contribution is -0.224. The Morgan fingerprint density at radius 3 is 2.12 bits per heavy atom. The molecule has 0 aromatic rings. The first-order valence-corrected chi connectivity index (χ1v) is 13.7. The van der Waals surface area contributed by atoms with Crippen molar-refractivity contribution in [1.82, 2.24) is 0 Å². The largest absolute Gasteiger partial charge is 0.393 e. The van der Waals surface area contributed by atoms with Crippen LogP contribution < -0.4 is 0 Å². The van der Waals surface area contributed by atoms with Crippen molar-refractivity contribution in [3.63, 3.8) is 0 Å². The zero-order valence-corrected chi connectivity index (χ0v) is 22.2. The first-order chi connectivity index (χ1) is 14.6. The van der Waals surface area contributed by atoms with Gasteiger partial charge in [0.15, 0.2) is 0 Å². The Labute approximate surface area is 197 Å². The van der Waals surface area contributed by atoms with E-state index >= 15 is 0 Å². The molecule has 4 fully saturated rings. The van der Waals surface area contributed by atoms with Gasteiger partial charge in [-0.3, -0.25) is 0 Å². The molecule has 0 spiro atoms. The summed E-state index contributed by atoms with van der Waals surface area (Å²) in [5.41, 5.74) is 2.76. The molecule has 0 aromatic heterocycles. The molecule has 2 nitrogen and oxygen atoms in total. The minimum Gasteiger partial charge on any atom is -0.393 e. The zero-order chi connectivity index (χ0) is 23.5. The number of hydrogen-bond acceptors (Lipinski definition) is 2. The van der Waals surface area contributed by atoms with Gasteiger partial charge in [0.05, 0.1) is 12.2 Å². The van der Waals surface area contributed by atoms with E-state index in [2.05, 4.69) is 61.5 Å². The minimum absolute atomic E-state index is 0.0719. The van der Waals surface area contributed by atoms with Crippen LogP contribution in [0.5, 0.6) is 0 Å². The summed E-state index contributed by atoms with van der Waals surface area (Å²) in [4.78, 5) is 0. The van der Waals surface area contributed by atoms with Gasteiger partial charge in [0.25, 0.3) is 0 Å². The monoisotopic (exact) mass is 442 g/mol. The number of fused-ring (bicyclic) bond motifs is 7. The Morgan fingerprint density at radius 2 is 1.44 bits per heavy atom. The van der Waals surface area contributed by atoms with Crippen molar-refractivity contribution in [2.24, 2.45) is 50.2 Å². The van der Waals surface area contributed by atoms with Gasteiger partial charge in [0.2, 0.25) is 0 Å². The van der Waals surface area contributed by atoms with Crippen molar-refractivity contribution < 1.29 is 10.2 Å². The number of hydrogen-bond donors (Lipinski definition) is 2. The standard InChI is InChI=1S/C30H50O2/c1-25(2)13-14-27(5)15-16-29(7)19(20(27)18-25)17-21(31)24-28(6)11-10-23(32)26(3,4)22(28)9-12-30(24,29)8/h17,20-24,31-32H,9-16,18H2,1-8H3/t20-,21+,22-,23-,24+,27+,28-,29+,30?/m0/s1. The molecular weight excluding hydrogens is 392 g/mol. The molecule has 0 bridgehead atoms. The van der Waals surface area contributed by atoms with E-state index in [0.29, 0.717) is 22.7 Å². The summed E-state index contributed by atoms with van der Waals surface area (Å²) in [5.74, 6) is 1.38. The van der Waals surface area contributed by atoms with Gasteiger partial charge in [0.1, 0.15) is 0 Å². The van der Waals surface area contributed by atoms with Crippen LogP contribution in [-0.4, -0.2) is 22.4 Å². The summed E-state index contributed by atoms with van der Waals surface area (Å²) in [5, 5.41) is 22.8. The average Bonchev–Trinajstić information content (AvgIpc) is 2.68. The summed E-state index contributed by atoms with van der Waals surface area (Å²) in [6.07, 6.45) is 12.7. The number of aliphatic hydroxyl groups excluding tert-OH is 2. The summed E-state index contributed by atoms with van der Waals surface area (Å²) >= 11 is 0. The third kappa shape index (κ3) is 2.78. The van der Waals surface area contributed by atoms with Crippen LogP contribution >= 0.6 is 0 Å². The third-order valence-electron chi connectivity index (χ3n) is 13.0. The molecular formula is C30H50O2. The maximum atomic E-state index is 11.9. The van der Waals surface area contributed by atoms with E-state index in [-0.39, 0.29) is 39.8 Å². The lowest BCUT2D eigenvalue weighted by Gasteiger charge is -2.72. The molecule has 4 saturated carbocycles. The molecule has 0 heterocycles. The number of allylic oxidation sites excluding steroid dienone is 1. The van der Waals surface area contributed by atoms with E-state index in [1.807, 2.05) is 0 Å². The maximum Gasteiger partial charge on any atom is 0.0762 e. The fourth-order valence-corrected chi connectivity index (χ4v) is 10.6. The van der Waals surface area contributed by atoms with Crippen molar-refractivity contribution in [2.75, 3.05) is 0 Å². The van der Waals surface area contributed by atoms with E-state index < -0.39 is 0 Å². The topological polar surface area (TPSA) is 40.5 Å². The average molecular weight is 443 g/mol. The second kappa shape index (κ2) is 6.66. The van der Waals surface area contributed by atoms with E-state index in [0.717, 1.165) is 12.8 Å². The predicted octanol–water partition coefficient (Wildman–Crippen LogP) is 7.14. The van der Waals surface area contributed by atoms with Crippen LogP contribution in [-0.2, 0) is 0 Å². The van der Waals surface area contributed by atoms with E-state index in [1.54, 1.807) is 5.57 Å². The molecule has 1 unspecified atom stereocenters. The summed E-state index contributed by atoms with van der Waals surface area (Å²) < 4.78 is 0. The van der Waals surface area contributed by atoms with Crippen molar-refractivity contribution in [2.45, 2.75) is 125 Å². The molecule has 0 aromatic carbocycles. The van der Waals surface area contributed by atoms with Crippen LogP contribution in [0, 0.1) is 50.2 Å². The predicted molar refractivity (Wildman–Crippen MR) is 132 cm³/mol. The molecule has 32 heavy (non-hydrogen) atoms. The molecule has 5 aliphatic carbocycles. The summed E-state index contributed by atoms with van der Waals surface area (Å²) in [6, 6.07) is 0. The molecule has 0 radical (unpaired) electrons. The molecule has 182 valence electrons. The minimum atomic E-state index is -0.352. The Hall–Kier alpha value is -0.340. The molecule has 0 aliphatic heterocycles. The maximum absolute atomic E-state index is 11.9. The second-order valence-electron chi connectivity index (χ2n) is 15.4. The molecule has 9 atom stereocenters. The highest BCUT2D eigenvalue weighted by atomic mass is 16.3. The van der Waals surface area contributed by atoms with Crippen LogP contribution in [0.15, 0.2) is 11.6 Å². The van der Waals surface area contributed by atoms with Crippen molar-refractivity contribution in [3.05, 3.63) is 11.6 Å². The Bertz CT molecular complexity index is 825. The van der Waals surface area contributed by atoms with Gasteiger partial charge < -0.3 is 10.2 Å². The van der Waals surface area contributed by atoms with Crippen LogP contribution in [0.4, 0.5) is 0 Å². The lowest BCUT2D eigenvalue weighted by atomic mass is 9.33. The smallest absolute Gasteiger partial charge is 0.0762 e. The first kappa shape index (κ1) is 23.4. The third-order valence-corrected chi connectivity index (χ3v) is 13.0. The normalized spacial score (nSPS) is 56.2. The lowest BCUT2D eigenvalue weighted by Crippen LogP contribution is -2.67. The van der Waals surface area contributed by atoms with Gasteiger partial charge >= 0.3 is 0 Å². The van der Waals surface area contributed by atoms with Crippen molar-refractivity contribution >= 4 is 0 Å². The van der Waals surface area contributed by atoms with Gasteiger partial charge in [-0.1, -0.05) is 67.0 Å². The van der Waals surface area contributed by atoms with Gasteiger partial charge in [-0.15, -0.1) is 0 Å². The Morgan fingerprint density at radius 1 is 0.781 bits per heavy atom. The van der Waals surface area contributed by atoms with Crippen molar-refractivity contribution in [3.8, 4) is 0 Å². The SMILES string of the molecule is CC1(C)CC[C@]2(C)CC[C@]3(C)C(=C[C@@H](O)[C@H]4C3(C)CC[C@H]3C(C)(C)[C@@H](O)CC[C@@]34C)[C@@H]2C1. The fourth-order valence-electron chi connectivity index (χ4n) is 10.6. The van der Waals surface area contributed by atoms with Gasteiger partial charge in [0, 0.05) is 5.92 Å². The van der Waals surface area contributed by atoms with E-state index in [1.165, 1.54) is 44.9 Å². The fraction of sp³-hybridized carbons (Fsp3) is 0.933. The molecule has 2 N–H and O–H groups in total. The van der Waals surface area contributed by atoms with Gasteiger partial charge in [-0.25, -0.2) is 0 Å². The van der Waals surface area contributed by atoms with Crippen LogP contribution in [0.2, 0.25) is 0 Å². The Balaban J connectivity index is 1.62. The van der Waals surface area contributed by atoms with E-state index in [4.69, 9.17) is 0 Å². The molecule has 5 rings (SSSR count). The quantitative estimate of drug-likeness (QED) is 0.391. The zero-order valence-electron chi connectivity index (χ0n) is 22.2. The molecule has 0 amide bonds. The van der Waals surface area contributed by atoms with Crippen molar-refractivity contribution in [1.29, 1.82) is 0 Å². The second-order valence-corrected chi connectivity index (χ2v) is 15.4. The Kier molecular flexibility index (Phi) is 4.87.